The summed E-state index contributed by atoms with van der Waals surface area (Å²) in [4.78, 5) is 23.6. The standard InChI is InChI=1S/C16H14BrNO3/c1-2-11-6-8-12(9-7-11)14(19)18-16(17)10-4-3-5-13(16)15(20)21/h2-10,13H,1H2,(H,18,19)(H,20,21). The number of nitrogens with one attached hydrogen (secondary N) is 1. The Hall–Kier alpha value is -2.14. The summed E-state index contributed by atoms with van der Waals surface area (Å²) in [5.41, 5.74) is 1.36. The van der Waals surface area contributed by atoms with Gasteiger partial charge in [0.25, 0.3) is 5.91 Å². The Morgan fingerprint density at radius 3 is 2.52 bits per heavy atom. The van der Waals surface area contributed by atoms with Crippen molar-refractivity contribution in [3.63, 3.8) is 0 Å². The van der Waals surface area contributed by atoms with Crippen molar-refractivity contribution in [3.05, 3.63) is 66.3 Å². The number of rotatable bonds is 4. The molecule has 2 N–H and O–H groups in total. The molecule has 21 heavy (non-hydrogen) atoms. The first-order valence-corrected chi connectivity index (χ1v) is 7.08. The van der Waals surface area contributed by atoms with Crippen molar-refractivity contribution in [1.29, 1.82) is 0 Å². The van der Waals surface area contributed by atoms with Gasteiger partial charge in [-0.1, -0.05) is 58.9 Å². The number of benzene rings is 1. The van der Waals surface area contributed by atoms with Crippen LogP contribution in [0.5, 0.6) is 0 Å². The van der Waals surface area contributed by atoms with E-state index < -0.39 is 16.3 Å². The number of hydrogen-bond acceptors (Lipinski definition) is 2. The molecule has 0 aromatic heterocycles. The first kappa shape index (κ1) is 15.3. The summed E-state index contributed by atoms with van der Waals surface area (Å²) in [6, 6.07) is 6.88. The van der Waals surface area contributed by atoms with Crippen LogP contribution >= 0.6 is 15.9 Å². The van der Waals surface area contributed by atoms with E-state index in [2.05, 4.69) is 27.8 Å². The van der Waals surface area contributed by atoms with E-state index in [4.69, 9.17) is 0 Å². The molecule has 1 aromatic rings. The van der Waals surface area contributed by atoms with Crippen LogP contribution in [0, 0.1) is 5.92 Å². The Kier molecular flexibility index (Phi) is 4.43. The van der Waals surface area contributed by atoms with E-state index >= 15 is 0 Å². The van der Waals surface area contributed by atoms with Gasteiger partial charge in [-0.25, -0.2) is 0 Å². The number of carbonyl (C=O) groups excluding carboxylic acids is 1. The van der Waals surface area contributed by atoms with Crippen LogP contribution in [-0.2, 0) is 4.79 Å². The molecule has 2 unspecified atom stereocenters. The van der Waals surface area contributed by atoms with Gasteiger partial charge in [0, 0.05) is 5.56 Å². The van der Waals surface area contributed by atoms with Gasteiger partial charge < -0.3 is 10.4 Å². The molecule has 0 aliphatic heterocycles. The maximum absolute atomic E-state index is 12.3. The molecule has 1 amide bonds. The Labute approximate surface area is 131 Å². The van der Waals surface area contributed by atoms with Crippen LogP contribution in [0.4, 0.5) is 0 Å². The van der Waals surface area contributed by atoms with Crippen molar-refractivity contribution in [2.45, 2.75) is 4.45 Å². The van der Waals surface area contributed by atoms with Crippen molar-refractivity contribution in [2.24, 2.45) is 5.92 Å². The van der Waals surface area contributed by atoms with Crippen LogP contribution in [0.1, 0.15) is 15.9 Å². The maximum atomic E-state index is 12.3. The van der Waals surface area contributed by atoms with Crippen LogP contribution in [0.15, 0.2) is 55.1 Å². The molecule has 0 fully saturated rings. The monoisotopic (exact) mass is 347 g/mol. The minimum Gasteiger partial charge on any atom is -0.481 e. The van der Waals surface area contributed by atoms with Gasteiger partial charge in [-0.2, -0.15) is 0 Å². The number of allylic oxidation sites excluding steroid dienone is 2. The lowest BCUT2D eigenvalue weighted by Crippen LogP contribution is -2.50. The number of carboxylic acid groups (broad SMARTS) is 1. The van der Waals surface area contributed by atoms with Gasteiger partial charge in [0.2, 0.25) is 0 Å². The molecule has 2 rings (SSSR count). The van der Waals surface area contributed by atoms with Crippen LogP contribution in [-0.4, -0.2) is 21.4 Å². The average Bonchev–Trinajstić information content (AvgIpc) is 2.47. The summed E-state index contributed by atoms with van der Waals surface area (Å²) in [6.45, 7) is 3.65. The molecule has 4 nitrogen and oxygen atoms in total. The number of halogens is 1. The fraction of sp³-hybridized carbons (Fsp3) is 0.125. The third-order valence-corrected chi connectivity index (χ3v) is 4.14. The first-order chi connectivity index (χ1) is 9.96. The van der Waals surface area contributed by atoms with Crippen LogP contribution in [0.3, 0.4) is 0 Å². The molecule has 0 bridgehead atoms. The minimum absolute atomic E-state index is 0.353. The minimum atomic E-state index is -1.14. The van der Waals surface area contributed by atoms with E-state index in [1.807, 2.05) is 0 Å². The predicted molar refractivity (Wildman–Crippen MR) is 85.1 cm³/mol. The van der Waals surface area contributed by atoms with E-state index in [1.54, 1.807) is 48.6 Å². The number of carbonyl (C=O) groups is 2. The van der Waals surface area contributed by atoms with Crippen molar-refractivity contribution in [1.82, 2.24) is 5.32 Å². The summed E-state index contributed by atoms with van der Waals surface area (Å²) in [7, 11) is 0. The zero-order valence-electron chi connectivity index (χ0n) is 11.1. The lowest BCUT2D eigenvalue weighted by molar-refractivity contribution is -0.140. The van der Waals surface area contributed by atoms with Gasteiger partial charge >= 0.3 is 5.97 Å². The molecule has 108 valence electrons. The number of aliphatic carboxylic acids is 1. The molecule has 0 saturated carbocycles. The van der Waals surface area contributed by atoms with Gasteiger partial charge in [0.05, 0.1) is 0 Å². The van der Waals surface area contributed by atoms with Gasteiger partial charge in [0.15, 0.2) is 0 Å². The van der Waals surface area contributed by atoms with Gasteiger partial charge in [-0.05, 0) is 23.8 Å². The van der Waals surface area contributed by atoms with Crippen molar-refractivity contribution in [3.8, 4) is 0 Å². The molecule has 1 aromatic carbocycles. The van der Waals surface area contributed by atoms with Gasteiger partial charge in [-0.15, -0.1) is 0 Å². The number of hydrogen-bond donors (Lipinski definition) is 2. The maximum Gasteiger partial charge on any atom is 0.314 e. The van der Waals surface area contributed by atoms with Crippen molar-refractivity contribution < 1.29 is 14.7 Å². The highest BCUT2D eigenvalue weighted by atomic mass is 79.9. The topological polar surface area (TPSA) is 66.4 Å². The lowest BCUT2D eigenvalue weighted by atomic mass is 9.94. The molecule has 0 heterocycles. The highest BCUT2D eigenvalue weighted by molar-refractivity contribution is 9.10. The zero-order chi connectivity index (χ0) is 15.5. The molecule has 5 heteroatoms. The summed E-state index contributed by atoms with van der Waals surface area (Å²) < 4.78 is -1.14. The Bertz CT molecular complexity index is 633. The zero-order valence-corrected chi connectivity index (χ0v) is 12.7. The van der Waals surface area contributed by atoms with E-state index in [1.165, 1.54) is 6.08 Å². The smallest absolute Gasteiger partial charge is 0.314 e. The predicted octanol–water partition coefficient (Wildman–Crippen LogP) is 2.98. The number of alkyl halides is 1. The largest absolute Gasteiger partial charge is 0.481 e. The van der Waals surface area contributed by atoms with Crippen LogP contribution in [0.25, 0.3) is 6.08 Å². The van der Waals surface area contributed by atoms with Crippen LogP contribution < -0.4 is 5.32 Å². The molecule has 0 saturated heterocycles. The molecule has 1 aliphatic carbocycles. The second-order valence-corrected chi connectivity index (χ2v) is 5.92. The van der Waals surface area contributed by atoms with E-state index in [0.717, 1.165) is 5.56 Å². The van der Waals surface area contributed by atoms with Crippen LogP contribution in [0.2, 0.25) is 0 Å². The second kappa shape index (κ2) is 6.10. The summed E-state index contributed by atoms with van der Waals surface area (Å²) in [5, 5.41) is 12.0. The molecule has 0 spiro atoms. The van der Waals surface area contributed by atoms with Crippen molar-refractivity contribution >= 4 is 33.9 Å². The quantitative estimate of drug-likeness (QED) is 0.649. The molecule has 0 radical (unpaired) electrons. The van der Waals surface area contributed by atoms with Gasteiger partial charge in [0.1, 0.15) is 10.4 Å². The summed E-state index contributed by atoms with van der Waals surface area (Å²) in [6.07, 6.45) is 8.15. The van der Waals surface area contributed by atoms with Gasteiger partial charge in [-0.3, -0.25) is 9.59 Å². The fourth-order valence-corrected chi connectivity index (χ4v) is 2.69. The fourth-order valence-electron chi connectivity index (χ4n) is 2.01. The lowest BCUT2D eigenvalue weighted by Gasteiger charge is -2.31. The van der Waals surface area contributed by atoms with E-state index in [9.17, 15) is 14.7 Å². The molecule has 2 atom stereocenters. The normalized spacial score (nSPS) is 23.6. The number of amides is 1. The highest BCUT2D eigenvalue weighted by Crippen LogP contribution is 2.31. The summed E-state index contributed by atoms with van der Waals surface area (Å²) in [5.74, 6) is -2.25. The molecule has 1 aliphatic rings. The molecular formula is C16H14BrNO3. The SMILES string of the molecule is C=Cc1ccc(C(=O)NC2(Br)C=CC=CC2C(=O)O)cc1. The highest BCUT2D eigenvalue weighted by Gasteiger charge is 2.40. The molecular weight excluding hydrogens is 334 g/mol. The van der Waals surface area contributed by atoms with E-state index in [0.29, 0.717) is 5.56 Å². The summed E-state index contributed by atoms with van der Waals surface area (Å²) >= 11 is 3.32. The Morgan fingerprint density at radius 1 is 1.29 bits per heavy atom. The Balaban J connectivity index is 2.20. The third-order valence-electron chi connectivity index (χ3n) is 3.19. The number of carboxylic acids is 1. The van der Waals surface area contributed by atoms with E-state index in [-0.39, 0.29) is 5.91 Å². The first-order valence-electron chi connectivity index (χ1n) is 6.29. The second-order valence-electron chi connectivity index (χ2n) is 4.61. The third kappa shape index (κ3) is 3.31. The van der Waals surface area contributed by atoms with Crippen molar-refractivity contribution in [2.75, 3.05) is 0 Å². The Morgan fingerprint density at radius 2 is 1.95 bits per heavy atom. The average molecular weight is 348 g/mol.